The first-order valence-corrected chi connectivity index (χ1v) is 8.57. The first-order valence-electron chi connectivity index (χ1n) is 7.75. The molecule has 1 aliphatic rings. The summed E-state index contributed by atoms with van der Waals surface area (Å²) in [5.41, 5.74) is 3.26. The molecule has 3 rings (SSSR count). The molecular formula is C19H20N2OS. The molecule has 2 aromatic rings. The molecule has 0 spiro atoms. The molecule has 0 radical (unpaired) electrons. The van der Waals surface area contributed by atoms with E-state index in [1.165, 1.54) is 16.9 Å². The van der Waals surface area contributed by atoms with Crippen molar-refractivity contribution < 1.29 is 4.79 Å². The molecule has 0 saturated heterocycles. The molecule has 1 aromatic carbocycles. The summed E-state index contributed by atoms with van der Waals surface area (Å²) >= 11 is 1.51. The van der Waals surface area contributed by atoms with Gasteiger partial charge in [0, 0.05) is 17.6 Å². The highest BCUT2D eigenvalue weighted by molar-refractivity contribution is 7.17. The molecular weight excluding hydrogens is 304 g/mol. The Morgan fingerprint density at radius 2 is 1.96 bits per heavy atom. The first-order chi connectivity index (χ1) is 11.1. The van der Waals surface area contributed by atoms with Gasteiger partial charge in [0.15, 0.2) is 0 Å². The van der Waals surface area contributed by atoms with Crippen LogP contribution in [0.25, 0.3) is 10.4 Å². The number of hydrogen-bond acceptors (Lipinski definition) is 3. The number of thiophene rings is 1. The van der Waals surface area contributed by atoms with E-state index in [0.717, 1.165) is 22.7 Å². The van der Waals surface area contributed by atoms with Crippen LogP contribution < -0.4 is 10.6 Å². The van der Waals surface area contributed by atoms with Crippen molar-refractivity contribution in [3.05, 3.63) is 70.9 Å². The molecule has 2 N–H and O–H groups in total. The lowest BCUT2D eigenvalue weighted by atomic mass is 10.0. The fourth-order valence-corrected chi connectivity index (χ4v) is 3.30. The predicted molar refractivity (Wildman–Crippen MR) is 96.5 cm³/mol. The second-order valence-electron chi connectivity index (χ2n) is 5.81. The third kappa shape index (κ3) is 3.71. The van der Waals surface area contributed by atoms with Gasteiger partial charge in [0.2, 0.25) is 0 Å². The zero-order valence-electron chi connectivity index (χ0n) is 13.3. The third-order valence-corrected chi connectivity index (χ3v) is 4.87. The number of carbonyl (C=O) groups is 1. The van der Waals surface area contributed by atoms with Crippen molar-refractivity contribution in [3.63, 3.8) is 0 Å². The summed E-state index contributed by atoms with van der Waals surface area (Å²) in [7, 11) is 0. The number of allylic oxidation sites excluding steroid dienone is 1. The van der Waals surface area contributed by atoms with Crippen molar-refractivity contribution in [2.24, 2.45) is 0 Å². The summed E-state index contributed by atoms with van der Waals surface area (Å²) in [6.45, 7) is 5.17. The van der Waals surface area contributed by atoms with Gasteiger partial charge in [-0.1, -0.05) is 44.2 Å². The number of amides is 1. The minimum atomic E-state index is -0.0698. The van der Waals surface area contributed by atoms with Crippen LogP contribution in [0.3, 0.4) is 0 Å². The fraction of sp³-hybridized carbons (Fsp3) is 0.211. The van der Waals surface area contributed by atoms with Crippen LogP contribution in [-0.4, -0.2) is 12.5 Å². The highest BCUT2D eigenvalue weighted by Crippen LogP contribution is 2.29. The van der Waals surface area contributed by atoms with Crippen molar-refractivity contribution >= 4 is 17.2 Å². The Morgan fingerprint density at radius 3 is 2.61 bits per heavy atom. The Bertz CT molecular complexity index is 754. The summed E-state index contributed by atoms with van der Waals surface area (Å²) in [6, 6.07) is 12.4. The SMILES string of the molecule is CC(C)c1ccc(-c2ccc(C(=O)NC3=CNCC=C3)s2)cc1. The zero-order valence-corrected chi connectivity index (χ0v) is 14.1. The van der Waals surface area contributed by atoms with Crippen LogP contribution in [0.2, 0.25) is 0 Å². The van der Waals surface area contributed by atoms with Crippen molar-refractivity contribution in [1.29, 1.82) is 0 Å². The molecule has 4 heteroatoms. The van der Waals surface area contributed by atoms with Crippen molar-refractivity contribution in [1.82, 2.24) is 10.6 Å². The van der Waals surface area contributed by atoms with E-state index < -0.39 is 0 Å². The average Bonchev–Trinajstić information content (AvgIpc) is 3.06. The van der Waals surface area contributed by atoms with Gasteiger partial charge in [-0.3, -0.25) is 4.79 Å². The van der Waals surface area contributed by atoms with Gasteiger partial charge in [0.1, 0.15) is 0 Å². The van der Waals surface area contributed by atoms with E-state index in [1.807, 2.05) is 30.5 Å². The van der Waals surface area contributed by atoms with Crippen LogP contribution in [0, 0.1) is 0 Å². The van der Waals surface area contributed by atoms with Gasteiger partial charge < -0.3 is 10.6 Å². The summed E-state index contributed by atoms with van der Waals surface area (Å²) in [5, 5.41) is 5.98. The van der Waals surface area contributed by atoms with Crippen LogP contribution in [0.15, 0.2) is 60.4 Å². The van der Waals surface area contributed by atoms with Gasteiger partial charge >= 0.3 is 0 Å². The normalized spacial score (nSPS) is 13.6. The minimum absolute atomic E-state index is 0.0698. The van der Waals surface area contributed by atoms with Crippen molar-refractivity contribution in [2.75, 3.05) is 6.54 Å². The highest BCUT2D eigenvalue weighted by Gasteiger charge is 2.12. The summed E-state index contributed by atoms with van der Waals surface area (Å²) in [4.78, 5) is 14.1. The van der Waals surface area contributed by atoms with Gasteiger partial charge in [-0.25, -0.2) is 0 Å². The van der Waals surface area contributed by atoms with Gasteiger partial charge in [0.25, 0.3) is 5.91 Å². The Labute approximate surface area is 140 Å². The van der Waals surface area contributed by atoms with Crippen LogP contribution in [0.1, 0.15) is 35.0 Å². The number of carbonyl (C=O) groups excluding carboxylic acids is 1. The van der Waals surface area contributed by atoms with Crippen LogP contribution in [0.5, 0.6) is 0 Å². The van der Waals surface area contributed by atoms with Crippen molar-refractivity contribution in [3.8, 4) is 10.4 Å². The van der Waals surface area contributed by atoms with Crippen LogP contribution in [0.4, 0.5) is 0 Å². The maximum atomic E-state index is 12.3. The lowest BCUT2D eigenvalue weighted by molar-refractivity contribution is 0.0971. The molecule has 3 nitrogen and oxygen atoms in total. The van der Waals surface area contributed by atoms with E-state index >= 15 is 0 Å². The van der Waals surface area contributed by atoms with Gasteiger partial charge in [0.05, 0.1) is 10.6 Å². The molecule has 1 aliphatic heterocycles. The number of dihydropyridines is 1. The largest absolute Gasteiger partial charge is 0.386 e. The summed E-state index contributed by atoms with van der Waals surface area (Å²) in [6.07, 6.45) is 5.70. The molecule has 0 fully saturated rings. The second-order valence-corrected chi connectivity index (χ2v) is 6.89. The van der Waals surface area contributed by atoms with Crippen molar-refractivity contribution in [2.45, 2.75) is 19.8 Å². The maximum absolute atomic E-state index is 12.3. The molecule has 0 saturated carbocycles. The third-order valence-electron chi connectivity index (χ3n) is 3.74. The van der Waals surface area contributed by atoms with E-state index in [4.69, 9.17) is 0 Å². The van der Waals surface area contributed by atoms with E-state index in [-0.39, 0.29) is 5.91 Å². The molecule has 0 aliphatic carbocycles. The Hall–Kier alpha value is -2.33. The number of rotatable bonds is 4. The van der Waals surface area contributed by atoms with Crippen LogP contribution in [-0.2, 0) is 0 Å². The molecule has 1 aromatic heterocycles. The van der Waals surface area contributed by atoms with Gasteiger partial charge in [-0.2, -0.15) is 0 Å². The lowest BCUT2D eigenvalue weighted by Gasteiger charge is -2.09. The minimum Gasteiger partial charge on any atom is -0.386 e. The molecule has 2 heterocycles. The molecule has 118 valence electrons. The monoisotopic (exact) mass is 324 g/mol. The Morgan fingerprint density at radius 1 is 1.17 bits per heavy atom. The number of hydrogen-bond donors (Lipinski definition) is 2. The van der Waals surface area contributed by atoms with E-state index in [0.29, 0.717) is 10.8 Å². The van der Waals surface area contributed by atoms with Gasteiger partial charge in [-0.05, 0) is 35.3 Å². The number of nitrogens with one attached hydrogen (secondary N) is 2. The Balaban J connectivity index is 1.73. The zero-order chi connectivity index (χ0) is 16.2. The lowest BCUT2D eigenvalue weighted by Crippen LogP contribution is -2.24. The number of benzene rings is 1. The fourth-order valence-electron chi connectivity index (χ4n) is 2.39. The molecule has 23 heavy (non-hydrogen) atoms. The summed E-state index contributed by atoms with van der Waals surface area (Å²) in [5.74, 6) is 0.457. The Kier molecular flexibility index (Phi) is 4.63. The predicted octanol–water partition coefficient (Wildman–Crippen LogP) is 4.27. The van der Waals surface area contributed by atoms with E-state index in [9.17, 15) is 4.79 Å². The standard InChI is InChI=1S/C19H20N2OS/c1-13(2)14-5-7-15(8-6-14)17-9-10-18(23-17)19(22)21-16-4-3-11-20-12-16/h3-10,12-13,20H,11H2,1-2H3,(H,21,22). The van der Waals surface area contributed by atoms with E-state index in [2.05, 4.69) is 48.7 Å². The molecule has 1 amide bonds. The van der Waals surface area contributed by atoms with Crippen LogP contribution >= 0.6 is 11.3 Å². The summed E-state index contributed by atoms with van der Waals surface area (Å²) < 4.78 is 0. The van der Waals surface area contributed by atoms with Gasteiger partial charge in [-0.15, -0.1) is 11.3 Å². The molecule has 0 unspecified atom stereocenters. The molecule has 0 bridgehead atoms. The maximum Gasteiger partial charge on any atom is 0.265 e. The topological polar surface area (TPSA) is 41.1 Å². The van der Waals surface area contributed by atoms with E-state index in [1.54, 1.807) is 0 Å². The highest BCUT2D eigenvalue weighted by atomic mass is 32.1. The smallest absolute Gasteiger partial charge is 0.265 e. The first kappa shape index (κ1) is 15.6. The average molecular weight is 324 g/mol. The second kappa shape index (κ2) is 6.84. The quantitative estimate of drug-likeness (QED) is 0.882. The molecule has 0 atom stereocenters.